The van der Waals surface area contributed by atoms with Gasteiger partial charge in [-0.2, -0.15) is 0 Å². The fourth-order valence-corrected chi connectivity index (χ4v) is 5.41. The Labute approximate surface area is 173 Å². The minimum Gasteiger partial charge on any atom is -0.493 e. The maximum Gasteiger partial charge on any atom is 0.203 e. The average Bonchev–Trinajstić information content (AvgIpc) is 3.34. The lowest BCUT2D eigenvalue weighted by Gasteiger charge is -2.33. The molecule has 0 amide bonds. The van der Waals surface area contributed by atoms with Crippen LogP contribution in [0.5, 0.6) is 17.2 Å². The maximum atomic E-state index is 5.52. The Bertz CT molecular complexity index is 1020. The zero-order valence-corrected chi connectivity index (χ0v) is 17.6. The average molecular weight is 413 g/mol. The number of ether oxygens (including phenoxy) is 3. The summed E-state index contributed by atoms with van der Waals surface area (Å²) in [5, 5.41) is 4.78. The first-order valence-electron chi connectivity index (χ1n) is 9.76. The molecule has 0 radical (unpaired) electrons. The van der Waals surface area contributed by atoms with Crippen molar-refractivity contribution in [3.63, 3.8) is 0 Å². The Morgan fingerprint density at radius 1 is 0.966 bits per heavy atom. The third-order valence-corrected chi connectivity index (χ3v) is 6.87. The van der Waals surface area contributed by atoms with E-state index in [4.69, 9.17) is 14.2 Å². The lowest BCUT2D eigenvalue weighted by Crippen LogP contribution is -2.51. The van der Waals surface area contributed by atoms with Gasteiger partial charge in [-0.3, -0.25) is 0 Å². The first-order chi connectivity index (χ1) is 14.2. The molecular formula is C21H24N4O3S. The summed E-state index contributed by atoms with van der Waals surface area (Å²) in [6.45, 7) is 2.00. The van der Waals surface area contributed by atoms with Crippen LogP contribution in [0.1, 0.15) is 12.8 Å². The SMILES string of the molecule is COc1cc(-c2cc3c(N4CC5CCC(C4)N5)ncnc3s2)cc(OC)c1OC. The monoisotopic (exact) mass is 412 g/mol. The third kappa shape index (κ3) is 3.16. The van der Waals surface area contributed by atoms with Crippen molar-refractivity contribution in [2.45, 2.75) is 24.9 Å². The van der Waals surface area contributed by atoms with Crippen LogP contribution in [0.25, 0.3) is 20.7 Å². The minimum absolute atomic E-state index is 0.562. The van der Waals surface area contributed by atoms with Gasteiger partial charge in [-0.1, -0.05) is 0 Å². The van der Waals surface area contributed by atoms with E-state index in [0.29, 0.717) is 29.3 Å². The van der Waals surface area contributed by atoms with E-state index in [9.17, 15) is 0 Å². The Morgan fingerprint density at radius 3 is 2.28 bits per heavy atom. The second-order valence-electron chi connectivity index (χ2n) is 7.48. The molecule has 1 N–H and O–H groups in total. The number of anilines is 1. The van der Waals surface area contributed by atoms with Gasteiger partial charge in [0.1, 0.15) is 17.0 Å². The van der Waals surface area contributed by atoms with E-state index in [1.54, 1.807) is 39.0 Å². The smallest absolute Gasteiger partial charge is 0.203 e. The van der Waals surface area contributed by atoms with E-state index < -0.39 is 0 Å². The summed E-state index contributed by atoms with van der Waals surface area (Å²) >= 11 is 1.65. The van der Waals surface area contributed by atoms with Crippen LogP contribution in [-0.4, -0.2) is 56.5 Å². The number of nitrogens with one attached hydrogen (secondary N) is 1. The molecule has 0 aliphatic carbocycles. The first-order valence-corrected chi connectivity index (χ1v) is 10.6. The Morgan fingerprint density at radius 2 is 1.66 bits per heavy atom. The van der Waals surface area contributed by atoms with Crippen LogP contribution in [0, 0.1) is 0 Å². The summed E-state index contributed by atoms with van der Waals surface area (Å²) in [6, 6.07) is 7.26. The van der Waals surface area contributed by atoms with Gasteiger partial charge < -0.3 is 24.4 Å². The molecular weight excluding hydrogens is 388 g/mol. The highest BCUT2D eigenvalue weighted by Gasteiger charge is 2.33. The van der Waals surface area contributed by atoms with Crippen molar-refractivity contribution >= 4 is 27.4 Å². The number of aromatic nitrogens is 2. The summed E-state index contributed by atoms with van der Waals surface area (Å²) < 4.78 is 16.5. The zero-order valence-electron chi connectivity index (χ0n) is 16.8. The van der Waals surface area contributed by atoms with Gasteiger partial charge >= 0.3 is 0 Å². The lowest BCUT2D eigenvalue weighted by molar-refractivity contribution is 0.324. The van der Waals surface area contributed by atoms with Gasteiger partial charge in [0.25, 0.3) is 0 Å². The molecule has 0 spiro atoms. The van der Waals surface area contributed by atoms with Crippen LogP contribution in [0.3, 0.4) is 0 Å². The standard InChI is InChI=1S/C21H24N4O3S/c1-26-16-6-12(7-17(27-2)19(16)28-3)18-8-15-20(22-11-23-21(15)29-18)25-9-13-4-5-14(10-25)24-13/h6-8,11,13-14,24H,4-5,9-10H2,1-3H3. The van der Waals surface area contributed by atoms with E-state index in [1.807, 2.05) is 12.1 Å². The third-order valence-electron chi connectivity index (χ3n) is 5.77. The highest BCUT2D eigenvalue weighted by molar-refractivity contribution is 7.21. The summed E-state index contributed by atoms with van der Waals surface area (Å²) in [4.78, 5) is 13.7. The quantitative estimate of drug-likeness (QED) is 0.689. The molecule has 2 aliphatic heterocycles. The summed E-state index contributed by atoms with van der Waals surface area (Å²) in [7, 11) is 4.88. The highest BCUT2D eigenvalue weighted by Crippen LogP contribution is 2.44. The lowest BCUT2D eigenvalue weighted by atomic mass is 10.1. The van der Waals surface area contributed by atoms with Gasteiger partial charge in [-0.25, -0.2) is 9.97 Å². The van der Waals surface area contributed by atoms with Crippen molar-refractivity contribution in [2.24, 2.45) is 0 Å². The number of nitrogens with zero attached hydrogens (tertiary/aromatic N) is 3. The van der Waals surface area contributed by atoms with E-state index in [-0.39, 0.29) is 0 Å². The second-order valence-corrected chi connectivity index (χ2v) is 8.51. The number of hydrogen-bond donors (Lipinski definition) is 1. The fourth-order valence-electron chi connectivity index (χ4n) is 4.43. The van der Waals surface area contributed by atoms with Crippen LogP contribution in [0.2, 0.25) is 0 Å². The molecule has 2 atom stereocenters. The van der Waals surface area contributed by atoms with Crippen molar-refractivity contribution < 1.29 is 14.2 Å². The summed E-state index contributed by atoms with van der Waals surface area (Å²) in [6.07, 6.45) is 4.17. The number of benzene rings is 1. The van der Waals surface area contributed by atoms with Gasteiger partial charge in [0.05, 0.1) is 26.7 Å². The molecule has 2 fully saturated rings. The molecule has 7 nitrogen and oxygen atoms in total. The van der Waals surface area contributed by atoms with Crippen molar-refractivity contribution in [3.8, 4) is 27.7 Å². The van der Waals surface area contributed by atoms with Crippen LogP contribution in [0.15, 0.2) is 24.5 Å². The first kappa shape index (κ1) is 18.4. The van der Waals surface area contributed by atoms with Crippen molar-refractivity contribution in [1.82, 2.24) is 15.3 Å². The molecule has 2 aromatic heterocycles. The van der Waals surface area contributed by atoms with Crippen molar-refractivity contribution in [2.75, 3.05) is 39.3 Å². The van der Waals surface area contributed by atoms with Crippen LogP contribution < -0.4 is 24.4 Å². The Balaban J connectivity index is 1.57. The zero-order chi connectivity index (χ0) is 20.0. The van der Waals surface area contributed by atoms with Gasteiger partial charge in [0, 0.05) is 30.1 Å². The molecule has 0 saturated carbocycles. The second kappa shape index (κ2) is 7.35. The number of thiophene rings is 1. The molecule has 5 rings (SSSR count). The van der Waals surface area contributed by atoms with Gasteiger partial charge in [0.15, 0.2) is 11.5 Å². The largest absolute Gasteiger partial charge is 0.493 e. The number of fused-ring (bicyclic) bond motifs is 3. The predicted octanol–water partition coefficient (Wildman–Crippen LogP) is 3.32. The minimum atomic E-state index is 0.562. The summed E-state index contributed by atoms with van der Waals surface area (Å²) in [5.74, 6) is 2.91. The normalized spacial score (nSPS) is 20.9. The molecule has 2 aliphatic rings. The molecule has 8 heteroatoms. The van der Waals surface area contributed by atoms with E-state index in [1.165, 1.54) is 12.8 Å². The van der Waals surface area contributed by atoms with Crippen molar-refractivity contribution in [1.29, 1.82) is 0 Å². The molecule has 29 heavy (non-hydrogen) atoms. The van der Waals surface area contributed by atoms with Gasteiger partial charge in [-0.15, -0.1) is 11.3 Å². The number of rotatable bonds is 5. The van der Waals surface area contributed by atoms with Crippen LogP contribution >= 0.6 is 11.3 Å². The molecule has 3 aromatic rings. The predicted molar refractivity (Wildman–Crippen MR) is 115 cm³/mol. The van der Waals surface area contributed by atoms with E-state index in [0.717, 1.165) is 39.6 Å². The van der Waals surface area contributed by atoms with Crippen LogP contribution in [0.4, 0.5) is 5.82 Å². The molecule has 1 aromatic carbocycles. The molecule has 2 saturated heterocycles. The van der Waals surface area contributed by atoms with Gasteiger partial charge in [0.2, 0.25) is 5.75 Å². The Kier molecular flexibility index (Phi) is 4.67. The fraction of sp³-hybridized carbons (Fsp3) is 0.429. The van der Waals surface area contributed by atoms with Crippen molar-refractivity contribution in [3.05, 3.63) is 24.5 Å². The van der Waals surface area contributed by atoms with E-state index >= 15 is 0 Å². The van der Waals surface area contributed by atoms with E-state index in [2.05, 4.69) is 26.3 Å². The molecule has 2 bridgehead atoms. The molecule has 152 valence electrons. The molecule has 4 heterocycles. The number of piperazine rings is 1. The Hall–Kier alpha value is -2.58. The van der Waals surface area contributed by atoms with Crippen LogP contribution in [-0.2, 0) is 0 Å². The number of hydrogen-bond acceptors (Lipinski definition) is 8. The molecule has 2 unspecified atom stereocenters. The highest BCUT2D eigenvalue weighted by atomic mass is 32.1. The maximum absolute atomic E-state index is 5.52. The van der Waals surface area contributed by atoms with Gasteiger partial charge in [-0.05, 0) is 36.6 Å². The number of methoxy groups -OCH3 is 3. The summed E-state index contributed by atoms with van der Waals surface area (Å²) in [5.41, 5.74) is 1.01. The topological polar surface area (TPSA) is 68.7 Å².